The standard InChI is InChI=1S/C12H15NO3S/c1-16-12(15)10-5-2-6-13(10)11(14)8-9-4-3-7-17-9/h3-4,7,10H,2,5-6,8H2,1H3/t10-/m0/s1. The maximum Gasteiger partial charge on any atom is 0.328 e. The average Bonchev–Trinajstić information content (AvgIpc) is 2.97. The van der Waals surface area contributed by atoms with Gasteiger partial charge in [0, 0.05) is 11.4 Å². The van der Waals surface area contributed by atoms with Crippen molar-refractivity contribution in [3.8, 4) is 0 Å². The van der Waals surface area contributed by atoms with Crippen molar-refractivity contribution in [3.63, 3.8) is 0 Å². The molecule has 1 saturated heterocycles. The summed E-state index contributed by atoms with van der Waals surface area (Å²) in [7, 11) is 1.36. The van der Waals surface area contributed by atoms with Crippen LogP contribution in [-0.4, -0.2) is 36.5 Å². The van der Waals surface area contributed by atoms with E-state index in [0.29, 0.717) is 19.4 Å². The van der Waals surface area contributed by atoms with Gasteiger partial charge >= 0.3 is 5.97 Å². The van der Waals surface area contributed by atoms with Crippen LogP contribution >= 0.6 is 11.3 Å². The van der Waals surface area contributed by atoms with Crippen LogP contribution < -0.4 is 0 Å². The lowest BCUT2D eigenvalue weighted by Crippen LogP contribution is -2.41. The number of amides is 1. The minimum Gasteiger partial charge on any atom is -0.467 e. The second-order valence-electron chi connectivity index (χ2n) is 4.02. The van der Waals surface area contributed by atoms with Crippen LogP contribution in [0.5, 0.6) is 0 Å². The smallest absolute Gasteiger partial charge is 0.328 e. The fourth-order valence-electron chi connectivity index (χ4n) is 2.11. The molecule has 4 nitrogen and oxygen atoms in total. The fourth-order valence-corrected chi connectivity index (χ4v) is 2.81. The first kappa shape index (κ1) is 12.1. The zero-order valence-corrected chi connectivity index (χ0v) is 10.5. The van der Waals surface area contributed by atoms with Crippen LogP contribution in [0.25, 0.3) is 0 Å². The highest BCUT2D eigenvalue weighted by atomic mass is 32.1. The summed E-state index contributed by atoms with van der Waals surface area (Å²) in [6.07, 6.45) is 1.96. The number of rotatable bonds is 3. The van der Waals surface area contributed by atoms with Crippen LogP contribution in [0.4, 0.5) is 0 Å². The number of likely N-dealkylation sites (tertiary alicyclic amines) is 1. The molecule has 2 heterocycles. The SMILES string of the molecule is COC(=O)[C@@H]1CCCN1C(=O)Cc1cccs1. The average molecular weight is 253 g/mol. The summed E-state index contributed by atoms with van der Waals surface area (Å²) in [4.78, 5) is 26.3. The van der Waals surface area contributed by atoms with Crippen molar-refractivity contribution in [2.45, 2.75) is 25.3 Å². The molecule has 1 fully saturated rings. The summed E-state index contributed by atoms with van der Waals surface area (Å²) in [5.74, 6) is -0.289. The zero-order valence-electron chi connectivity index (χ0n) is 9.72. The number of carbonyl (C=O) groups is 2. The summed E-state index contributed by atoms with van der Waals surface area (Å²) < 4.78 is 4.72. The molecule has 2 rings (SSSR count). The van der Waals surface area contributed by atoms with Gasteiger partial charge in [-0.1, -0.05) is 6.07 Å². The highest BCUT2D eigenvalue weighted by Crippen LogP contribution is 2.20. The molecule has 92 valence electrons. The van der Waals surface area contributed by atoms with Crippen LogP contribution in [0.3, 0.4) is 0 Å². The summed E-state index contributed by atoms with van der Waals surface area (Å²) in [6.45, 7) is 0.657. The first-order chi connectivity index (χ1) is 8.22. The van der Waals surface area contributed by atoms with E-state index >= 15 is 0 Å². The molecule has 5 heteroatoms. The molecule has 0 aliphatic carbocycles. The van der Waals surface area contributed by atoms with Gasteiger partial charge in [0.1, 0.15) is 6.04 Å². The van der Waals surface area contributed by atoms with Crippen molar-refractivity contribution in [2.75, 3.05) is 13.7 Å². The van der Waals surface area contributed by atoms with Gasteiger partial charge in [-0.25, -0.2) is 4.79 Å². The van der Waals surface area contributed by atoms with Gasteiger partial charge in [0.15, 0.2) is 0 Å². The van der Waals surface area contributed by atoms with Crippen molar-refractivity contribution < 1.29 is 14.3 Å². The third-order valence-electron chi connectivity index (χ3n) is 2.95. The minimum atomic E-state index is -0.382. The van der Waals surface area contributed by atoms with Crippen LogP contribution in [-0.2, 0) is 20.7 Å². The Morgan fingerprint density at radius 1 is 1.59 bits per heavy atom. The molecule has 1 amide bonds. The molecule has 0 bridgehead atoms. The summed E-state index contributed by atoms with van der Waals surface area (Å²) >= 11 is 1.56. The lowest BCUT2D eigenvalue weighted by atomic mass is 10.2. The highest BCUT2D eigenvalue weighted by Gasteiger charge is 2.34. The highest BCUT2D eigenvalue weighted by molar-refractivity contribution is 7.10. The monoisotopic (exact) mass is 253 g/mol. The molecule has 0 spiro atoms. The Morgan fingerprint density at radius 3 is 3.06 bits per heavy atom. The van der Waals surface area contributed by atoms with Crippen LogP contribution in [0.2, 0.25) is 0 Å². The van der Waals surface area contributed by atoms with Gasteiger partial charge in [-0.05, 0) is 24.3 Å². The lowest BCUT2D eigenvalue weighted by molar-refractivity contribution is -0.150. The van der Waals surface area contributed by atoms with Crippen molar-refractivity contribution in [3.05, 3.63) is 22.4 Å². The van der Waals surface area contributed by atoms with Crippen LogP contribution in [0.1, 0.15) is 17.7 Å². The van der Waals surface area contributed by atoms with Crippen LogP contribution in [0, 0.1) is 0 Å². The van der Waals surface area contributed by atoms with Gasteiger partial charge in [0.25, 0.3) is 0 Å². The third kappa shape index (κ3) is 2.66. The van der Waals surface area contributed by atoms with Gasteiger partial charge in [0.2, 0.25) is 5.91 Å². The largest absolute Gasteiger partial charge is 0.467 e. The maximum atomic E-state index is 12.1. The number of carbonyl (C=O) groups excluding carboxylic acids is 2. The Morgan fingerprint density at radius 2 is 2.41 bits per heavy atom. The van der Waals surface area contributed by atoms with Gasteiger partial charge < -0.3 is 9.64 Å². The van der Waals surface area contributed by atoms with Gasteiger partial charge in [-0.3, -0.25) is 4.79 Å². The first-order valence-electron chi connectivity index (χ1n) is 5.62. The summed E-state index contributed by atoms with van der Waals surface area (Å²) in [5, 5.41) is 1.95. The number of hydrogen-bond donors (Lipinski definition) is 0. The van der Waals surface area contributed by atoms with E-state index < -0.39 is 0 Å². The Balaban J connectivity index is 2.01. The second kappa shape index (κ2) is 5.31. The van der Waals surface area contributed by atoms with Gasteiger partial charge in [-0.15, -0.1) is 11.3 Å². The van der Waals surface area contributed by atoms with Crippen LogP contribution in [0.15, 0.2) is 17.5 Å². The van der Waals surface area contributed by atoms with E-state index in [0.717, 1.165) is 11.3 Å². The quantitative estimate of drug-likeness (QED) is 0.766. The molecule has 1 aliphatic rings. The maximum absolute atomic E-state index is 12.1. The van der Waals surface area contributed by atoms with E-state index in [9.17, 15) is 9.59 Å². The Labute approximate surface area is 104 Å². The van der Waals surface area contributed by atoms with E-state index in [1.54, 1.807) is 16.2 Å². The third-order valence-corrected chi connectivity index (χ3v) is 3.83. The minimum absolute atomic E-state index is 0.0142. The van der Waals surface area contributed by atoms with E-state index in [-0.39, 0.29) is 17.9 Å². The molecule has 0 radical (unpaired) electrons. The fraction of sp³-hybridized carbons (Fsp3) is 0.500. The second-order valence-corrected chi connectivity index (χ2v) is 5.06. The molecule has 1 atom stereocenters. The van der Waals surface area contributed by atoms with Crippen molar-refractivity contribution in [1.29, 1.82) is 0 Å². The predicted molar refractivity (Wildman–Crippen MR) is 64.8 cm³/mol. The Bertz CT molecular complexity index is 402. The molecular formula is C12H15NO3S. The molecule has 1 aromatic heterocycles. The van der Waals surface area contributed by atoms with E-state index in [1.165, 1.54) is 7.11 Å². The topological polar surface area (TPSA) is 46.6 Å². The van der Waals surface area contributed by atoms with E-state index in [2.05, 4.69) is 0 Å². The molecule has 0 N–H and O–H groups in total. The predicted octanol–water partition coefficient (Wildman–Crippen LogP) is 1.45. The number of esters is 1. The molecule has 1 aliphatic heterocycles. The number of thiophene rings is 1. The summed E-state index contributed by atoms with van der Waals surface area (Å²) in [6, 6.07) is 3.48. The van der Waals surface area contributed by atoms with Gasteiger partial charge in [0.05, 0.1) is 13.5 Å². The van der Waals surface area contributed by atoms with E-state index in [4.69, 9.17) is 4.74 Å². The van der Waals surface area contributed by atoms with Crippen molar-refractivity contribution in [1.82, 2.24) is 4.90 Å². The normalized spacial score (nSPS) is 19.4. The molecule has 0 saturated carbocycles. The van der Waals surface area contributed by atoms with E-state index in [1.807, 2.05) is 17.5 Å². The van der Waals surface area contributed by atoms with Crippen molar-refractivity contribution in [2.24, 2.45) is 0 Å². The van der Waals surface area contributed by atoms with Crippen molar-refractivity contribution >= 4 is 23.2 Å². The number of ether oxygens (including phenoxy) is 1. The number of hydrogen-bond acceptors (Lipinski definition) is 4. The summed E-state index contributed by atoms with van der Waals surface area (Å²) in [5.41, 5.74) is 0. The molecule has 0 aromatic carbocycles. The molecule has 1 aromatic rings. The molecular weight excluding hydrogens is 238 g/mol. The molecule has 0 unspecified atom stereocenters. The Hall–Kier alpha value is -1.36. The van der Waals surface area contributed by atoms with Gasteiger partial charge in [-0.2, -0.15) is 0 Å². The Kier molecular flexibility index (Phi) is 3.78. The molecule has 17 heavy (non-hydrogen) atoms. The number of methoxy groups -OCH3 is 1. The lowest BCUT2D eigenvalue weighted by Gasteiger charge is -2.22. The zero-order chi connectivity index (χ0) is 12.3. The number of nitrogens with zero attached hydrogens (tertiary/aromatic N) is 1. The first-order valence-corrected chi connectivity index (χ1v) is 6.50.